The molecule has 0 fully saturated rings. The van der Waals surface area contributed by atoms with Crippen LogP contribution in [0.15, 0.2) is 89.8 Å². The molecule has 6 nitrogen and oxygen atoms in total. The molecule has 0 unspecified atom stereocenters. The predicted molar refractivity (Wildman–Crippen MR) is 137 cm³/mol. The highest BCUT2D eigenvalue weighted by Gasteiger charge is 2.36. The molecule has 0 bridgehead atoms. The summed E-state index contributed by atoms with van der Waals surface area (Å²) in [5.74, 6) is -0.790. The highest BCUT2D eigenvalue weighted by Crippen LogP contribution is 2.36. The van der Waals surface area contributed by atoms with Crippen molar-refractivity contribution in [3.05, 3.63) is 95.3 Å². The zero-order valence-electron chi connectivity index (χ0n) is 20.4. The minimum atomic E-state index is -0.810. The number of carbonyl (C=O) groups is 2. The molecule has 0 spiro atoms. The van der Waals surface area contributed by atoms with Gasteiger partial charge in [0.25, 0.3) is 0 Å². The van der Waals surface area contributed by atoms with E-state index in [1.165, 1.54) is 13.2 Å². The van der Waals surface area contributed by atoms with Gasteiger partial charge in [0.2, 0.25) is 5.91 Å². The first-order valence-corrected chi connectivity index (χ1v) is 12.1. The molecule has 3 N–H and O–H groups in total. The third-order valence-electron chi connectivity index (χ3n) is 6.33. The van der Waals surface area contributed by atoms with Gasteiger partial charge in [-0.2, -0.15) is 0 Å². The molecule has 35 heavy (non-hydrogen) atoms. The molecule has 1 aliphatic carbocycles. The van der Waals surface area contributed by atoms with Gasteiger partial charge in [-0.1, -0.05) is 72.4 Å². The van der Waals surface area contributed by atoms with Crippen molar-refractivity contribution in [1.82, 2.24) is 5.32 Å². The van der Waals surface area contributed by atoms with Crippen LogP contribution in [0.4, 0.5) is 0 Å². The number of methoxy groups -OCH3 is 1. The molecule has 1 aromatic carbocycles. The number of allylic oxidation sites excluding steroid dienone is 7. The third kappa shape index (κ3) is 7.64. The average Bonchev–Trinajstić information content (AvgIpc) is 3.15. The van der Waals surface area contributed by atoms with Crippen LogP contribution in [0.3, 0.4) is 0 Å². The van der Waals surface area contributed by atoms with E-state index in [0.717, 1.165) is 11.1 Å². The second-order valence-electron chi connectivity index (χ2n) is 9.03. The van der Waals surface area contributed by atoms with Gasteiger partial charge in [-0.15, -0.1) is 0 Å². The number of nitrogens with one attached hydrogen (secondary N) is 1. The lowest BCUT2D eigenvalue weighted by molar-refractivity contribution is -0.118. The summed E-state index contributed by atoms with van der Waals surface area (Å²) >= 11 is 0. The quantitative estimate of drug-likeness (QED) is 0.532. The zero-order valence-corrected chi connectivity index (χ0v) is 20.4. The van der Waals surface area contributed by atoms with Crippen LogP contribution in [-0.4, -0.2) is 41.2 Å². The van der Waals surface area contributed by atoms with Crippen LogP contribution < -0.4 is 5.32 Å². The molecular formula is C29H35NO5. The molecular weight excluding hydrogens is 442 g/mol. The summed E-state index contributed by atoms with van der Waals surface area (Å²) < 4.78 is 5.35. The Morgan fingerprint density at radius 3 is 2.54 bits per heavy atom. The standard InChI is InChI=1S/C29H35NO5/c1-20-11-9-10-16-27(33)30-24(21-12-5-3-6-13-21)15-8-4-7-14-23(31)19-25(32)28-22(17-20)18-26(35-2)29(28)34/h3-6,8-13,16-17,22-24,26,31,34H,7,14-15,18-19H2,1-2H3,(H,30,33)/b8-4+,11-9-,16-10+,20-17-/t22-,23-,24-,26+/m1/s1. The van der Waals surface area contributed by atoms with Crippen molar-refractivity contribution >= 4 is 11.7 Å². The largest absolute Gasteiger partial charge is 0.509 e. The summed E-state index contributed by atoms with van der Waals surface area (Å²) in [5, 5.41) is 24.1. The fourth-order valence-electron chi connectivity index (χ4n) is 4.50. The lowest BCUT2D eigenvalue weighted by Crippen LogP contribution is -2.26. The molecule has 0 saturated heterocycles. The Balaban J connectivity index is 1.84. The van der Waals surface area contributed by atoms with Crippen LogP contribution >= 0.6 is 0 Å². The topological polar surface area (TPSA) is 95.9 Å². The number of benzene rings is 1. The number of Topliss-reactive ketones (excluding diaryl/α,β-unsaturated/α-hetero) is 1. The maximum atomic E-state index is 13.0. The number of amides is 1. The van der Waals surface area contributed by atoms with Crippen molar-refractivity contribution in [2.45, 2.75) is 57.3 Å². The van der Waals surface area contributed by atoms with E-state index in [2.05, 4.69) is 5.32 Å². The Kier molecular flexibility index (Phi) is 9.82. The van der Waals surface area contributed by atoms with Crippen molar-refractivity contribution in [2.75, 3.05) is 7.11 Å². The highest BCUT2D eigenvalue weighted by molar-refractivity contribution is 5.97. The molecule has 1 aliphatic heterocycles. The van der Waals surface area contributed by atoms with Crippen molar-refractivity contribution in [2.24, 2.45) is 5.92 Å². The van der Waals surface area contributed by atoms with E-state index < -0.39 is 12.2 Å². The summed E-state index contributed by atoms with van der Waals surface area (Å²) in [6, 6.07) is 9.61. The van der Waals surface area contributed by atoms with E-state index >= 15 is 0 Å². The van der Waals surface area contributed by atoms with E-state index in [9.17, 15) is 19.8 Å². The predicted octanol–water partition coefficient (Wildman–Crippen LogP) is 4.81. The maximum absolute atomic E-state index is 13.0. The minimum absolute atomic E-state index is 0.0444. The van der Waals surface area contributed by atoms with E-state index in [1.807, 2.05) is 61.6 Å². The van der Waals surface area contributed by atoms with E-state index in [4.69, 9.17) is 4.74 Å². The number of aliphatic hydroxyl groups excluding tert-OH is 2. The molecule has 1 amide bonds. The molecule has 2 aliphatic rings. The number of ether oxygens (including phenoxy) is 1. The monoisotopic (exact) mass is 477 g/mol. The fraction of sp³-hybridized carbons (Fsp3) is 0.379. The van der Waals surface area contributed by atoms with Gasteiger partial charge < -0.3 is 20.3 Å². The average molecular weight is 478 g/mol. The van der Waals surface area contributed by atoms with E-state index in [0.29, 0.717) is 31.3 Å². The van der Waals surface area contributed by atoms with Crippen LogP contribution in [0.25, 0.3) is 0 Å². The summed E-state index contributed by atoms with van der Waals surface area (Å²) in [6.45, 7) is 1.90. The normalized spacial score (nSPS) is 31.2. The number of ketones is 1. The van der Waals surface area contributed by atoms with Gasteiger partial charge in [0.1, 0.15) is 11.9 Å². The molecule has 1 aromatic rings. The number of hydrogen-bond donors (Lipinski definition) is 3. The summed E-state index contributed by atoms with van der Waals surface area (Å²) in [6.07, 6.45) is 13.4. The molecule has 0 radical (unpaired) electrons. The molecule has 6 heteroatoms. The van der Waals surface area contributed by atoms with Gasteiger partial charge in [0.15, 0.2) is 5.78 Å². The lowest BCUT2D eigenvalue weighted by Gasteiger charge is -2.17. The molecule has 0 saturated carbocycles. The summed E-state index contributed by atoms with van der Waals surface area (Å²) in [7, 11) is 1.51. The smallest absolute Gasteiger partial charge is 0.244 e. The first-order chi connectivity index (χ1) is 16.9. The van der Waals surface area contributed by atoms with Crippen LogP contribution in [0, 0.1) is 5.92 Å². The van der Waals surface area contributed by atoms with Gasteiger partial charge in [-0.3, -0.25) is 9.59 Å². The summed E-state index contributed by atoms with van der Waals surface area (Å²) in [4.78, 5) is 25.5. The van der Waals surface area contributed by atoms with Crippen molar-refractivity contribution < 1.29 is 24.5 Å². The van der Waals surface area contributed by atoms with E-state index in [-0.39, 0.29) is 35.8 Å². The second kappa shape index (κ2) is 13.0. The molecule has 4 atom stereocenters. The van der Waals surface area contributed by atoms with Crippen LogP contribution in [0.1, 0.15) is 50.6 Å². The minimum Gasteiger partial charge on any atom is -0.509 e. The number of carbonyl (C=O) groups excluding carboxylic acids is 2. The molecule has 186 valence electrons. The van der Waals surface area contributed by atoms with Crippen molar-refractivity contribution in [3.63, 3.8) is 0 Å². The fourth-order valence-corrected chi connectivity index (χ4v) is 4.50. The Hall–Kier alpha value is -3.22. The summed E-state index contributed by atoms with van der Waals surface area (Å²) in [5.41, 5.74) is 2.22. The Bertz CT molecular complexity index is 1030. The highest BCUT2D eigenvalue weighted by atomic mass is 16.5. The Morgan fingerprint density at radius 2 is 1.80 bits per heavy atom. The van der Waals surface area contributed by atoms with Crippen LogP contribution in [0.2, 0.25) is 0 Å². The number of hydrogen-bond acceptors (Lipinski definition) is 5. The Morgan fingerprint density at radius 1 is 1.06 bits per heavy atom. The zero-order chi connectivity index (χ0) is 25.2. The maximum Gasteiger partial charge on any atom is 0.244 e. The van der Waals surface area contributed by atoms with Crippen LogP contribution in [-0.2, 0) is 14.3 Å². The van der Waals surface area contributed by atoms with Crippen molar-refractivity contribution in [1.29, 1.82) is 0 Å². The van der Waals surface area contributed by atoms with Gasteiger partial charge in [-0.25, -0.2) is 0 Å². The van der Waals surface area contributed by atoms with Gasteiger partial charge >= 0.3 is 0 Å². The molecule has 0 aromatic heterocycles. The number of fused-ring (bicyclic) bond motifs is 1. The molecule has 1 heterocycles. The van der Waals surface area contributed by atoms with Gasteiger partial charge in [0, 0.05) is 31.1 Å². The number of aliphatic hydroxyl groups is 2. The Labute approximate surface area is 207 Å². The molecule has 3 rings (SSSR count). The van der Waals surface area contributed by atoms with E-state index in [1.54, 1.807) is 12.2 Å². The SMILES string of the molecule is CO[C@H]1C[C@H]2\C=C(C)/C=C\C=C\C(=O)N[C@@H](c3ccccc3)C/C=C/CC[C@@H](O)CC(=O)C2=C1O. The first-order valence-electron chi connectivity index (χ1n) is 12.1. The first kappa shape index (κ1) is 26.4. The van der Waals surface area contributed by atoms with Gasteiger partial charge in [0.05, 0.1) is 12.1 Å². The number of rotatable bonds is 2. The third-order valence-corrected chi connectivity index (χ3v) is 6.33. The lowest BCUT2D eigenvalue weighted by atomic mass is 9.92. The second-order valence-corrected chi connectivity index (χ2v) is 9.03. The van der Waals surface area contributed by atoms with Crippen LogP contribution in [0.5, 0.6) is 0 Å². The van der Waals surface area contributed by atoms with Crippen molar-refractivity contribution in [3.8, 4) is 0 Å². The van der Waals surface area contributed by atoms with Gasteiger partial charge in [-0.05, 0) is 38.2 Å².